The van der Waals surface area contributed by atoms with Crippen LogP contribution >= 0.6 is 0 Å². The summed E-state index contributed by atoms with van der Waals surface area (Å²) in [6.45, 7) is 0.993. The van der Waals surface area contributed by atoms with Gasteiger partial charge in [0, 0.05) is 5.56 Å². The van der Waals surface area contributed by atoms with Gasteiger partial charge in [0.1, 0.15) is 11.6 Å². The predicted molar refractivity (Wildman–Crippen MR) is 138 cm³/mol. The van der Waals surface area contributed by atoms with E-state index in [-0.39, 0.29) is 17.2 Å². The molecule has 1 aliphatic heterocycles. The normalized spacial score (nSPS) is 21.1. The van der Waals surface area contributed by atoms with Crippen LogP contribution in [0.4, 0.5) is 13.2 Å². The fourth-order valence-corrected chi connectivity index (χ4v) is 7.07. The van der Waals surface area contributed by atoms with E-state index in [1.165, 1.54) is 18.9 Å². The Kier molecular flexibility index (Phi) is 6.30. The van der Waals surface area contributed by atoms with Crippen molar-refractivity contribution in [3.05, 3.63) is 59.5 Å². The molecule has 1 atom stereocenters. The minimum absolute atomic E-state index is 0.157. The van der Waals surface area contributed by atoms with Crippen molar-refractivity contribution in [2.75, 3.05) is 6.54 Å². The summed E-state index contributed by atoms with van der Waals surface area (Å²) in [5, 5.41) is 3.50. The fourth-order valence-electron chi connectivity index (χ4n) is 6.58. The first-order valence-electron chi connectivity index (χ1n) is 13.2. The van der Waals surface area contributed by atoms with Crippen LogP contribution in [0, 0.1) is 0 Å². The number of nitrogens with zero attached hydrogens (tertiary/aromatic N) is 1. The number of hydrogen-bond donors (Lipinski definition) is 2. The van der Waals surface area contributed by atoms with Gasteiger partial charge in [-0.25, -0.2) is 4.98 Å². The summed E-state index contributed by atoms with van der Waals surface area (Å²) < 4.78 is 67.5. The number of hydrogen-bond acceptors (Lipinski definition) is 5. The summed E-state index contributed by atoms with van der Waals surface area (Å²) in [6.07, 6.45) is 10.5. The Hall–Kier alpha value is -2.85. The second-order valence-corrected chi connectivity index (χ2v) is 12.2. The molecule has 10 heteroatoms. The van der Waals surface area contributed by atoms with Crippen LogP contribution in [-0.2, 0) is 22.0 Å². The third-order valence-corrected chi connectivity index (χ3v) is 9.41. The van der Waals surface area contributed by atoms with Crippen molar-refractivity contribution in [3.63, 3.8) is 0 Å². The minimum atomic E-state index is -5.74. The number of nitrogens with one attached hydrogen (secondary N) is 2. The van der Waals surface area contributed by atoms with Crippen molar-refractivity contribution in [2.24, 2.45) is 0 Å². The van der Waals surface area contributed by atoms with E-state index in [0.29, 0.717) is 12.0 Å². The van der Waals surface area contributed by atoms with Crippen LogP contribution in [0.1, 0.15) is 74.4 Å². The first-order valence-corrected chi connectivity index (χ1v) is 14.6. The smallest absolute Gasteiger partial charge is 0.376 e. The van der Waals surface area contributed by atoms with E-state index in [2.05, 4.69) is 19.5 Å². The molecule has 1 unspecified atom stereocenters. The van der Waals surface area contributed by atoms with Crippen molar-refractivity contribution in [1.29, 1.82) is 0 Å². The number of H-pyrrole nitrogens is 1. The van der Waals surface area contributed by atoms with Gasteiger partial charge in [-0.3, -0.25) is 0 Å². The quantitative estimate of drug-likeness (QED) is 0.281. The summed E-state index contributed by atoms with van der Waals surface area (Å²) in [7, 11) is -5.74. The van der Waals surface area contributed by atoms with E-state index in [4.69, 9.17) is 0 Å². The lowest BCUT2D eigenvalue weighted by Gasteiger charge is -2.27. The Labute approximate surface area is 220 Å². The number of imidazole rings is 1. The first kappa shape index (κ1) is 25.4. The predicted octanol–water partition coefficient (Wildman–Crippen LogP) is 6.54. The van der Waals surface area contributed by atoms with Crippen molar-refractivity contribution in [3.8, 4) is 28.1 Å². The van der Waals surface area contributed by atoms with Gasteiger partial charge in [0.05, 0.1) is 17.9 Å². The average molecular weight is 546 g/mol. The SMILES string of the molecule is O=S(=O)(Oc1ccc(-c2ccc(-c3cnc(C4CCCCN4)[nH]3)cc2)c2c1CCC21CCCC1)C(F)(F)F. The van der Waals surface area contributed by atoms with Gasteiger partial charge in [0.2, 0.25) is 0 Å². The molecule has 2 aromatic carbocycles. The standard InChI is InChI=1S/C28H30F3N3O3S/c29-28(30,31)38(35,36)37-24-11-10-20(25-21(24)12-15-27(25)13-2-3-14-27)18-6-8-19(9-7-18)23-17-33-26(34-23)22-5-1-4-16-32-22/h6-11,17,22,32H,1-5,12-16H2,(H,33,34). The molecule has 6 nitrogen and oxygen atoms in total. The summed E-state index contributed by atoms with van der Waals surface area (Å²) in [6, 6.07) is 11.4. The molecule has 2 fully saturated rings. The number of benzene rings is 2. The zero-order chi connectivity index (χ0) is 26.5. The maximum absolute atomic E-state index is 13.1. The number of alkyl halides is 3. The average Bonchev–Trinajstić information content (AvgIpc) is 3.66. The van der Waals surface area contributed by atoms with Crippen LogP contribution < -0.4 is 9.50 Å². The Morgan fingerprint density at radius 3 is 2.37 bits per heavy atom. The first-order chi connectivity index (χ1) is 18.2. The highest BCUT2D eigenvalue weighted by molar-refractivity contribution is 7.88. The van der Waals surface area contributed by atoms with Gasteiger partial charge in [-0.2, -0.15) is 21.6 Å². The lowest BCUT2D eigenvalue weighted by Crippen LogP contribution is -2.28. The van der Waals surface area contributed by atoms with E-state index >= 15 is 0 Å². The lowest BCUT2D eigenvalue weighted by atomic mass is 9.77. The number of aromatic amines is 1. The molecule has 2 aliphatic carbocycles. The van der Waals surface area contributed by atoms with Crippen LogP contribution in [0.15, 0.2) is 42.6 Å². The van der Waals surface area contributed by atoms with Gasteiger partial charge in [0.15, 0.2) is 0 Å². The molecule has 0 bridgehead atoms. The van der Waals surface area contributed by atoms with E-state index in [0.717, 1.165) is 78.8 Å². The molecule has 3 aliphatic rings. The van der Waals surface area contributed by atoms with Gasteiger partial charge < -0.3 is 14.5 Å². The van der Waals surface area contributed by atoms with Crippen LogP contribution in [0.5, 0.6) is 5.75 Å². The Morgan fingerprint density at radius 2 is 1.68 bits per heavy atom. The molecular weight excluding hydrogens is 515 g/mol. The molecular formula is C28H30F3N3O3S. The van der Waals surface area contributed by atoms with Crippen LogP contribution in [-0.4, -0.2) is 30.4 Å². The van der Waals surface area contributed by atoms with Crippen molar-refractivity contribution >= 4 is 10.1 Å². The summed E-state index contributed by atoms with van der Waals surface area (Å²) >= 11 is 0. The third-order valence-electron chi connectivity index (χ3n) is 8.44. The maximum atomic E-state index is 13.1. The molecule has 2 N–H and O–H groups in total. The molecule has 3 aromatic rings. The molecule has 0 radical (unpaired) electrons. The van der Waals surface area contributed by atoms with Crippen molar-refractivity contribution in [2.45, 2.75) is 74.8 Å². The third kappa shape index (κ3) is 4.41. The highest BCUT2D eigenvalue weighted by Crippen LogP contribution is 2.55. The molecule has 1 saturated carbocycles. The zero-order valence-corrected chi connectivity index (χ0v) is 21.7. The second kappa shape index (κ2) is 9.41. The molecule has 202 valence electrons. The maximum Gasteiger partial charge on any atom is 0.534 e. The van der Waals surface area contributed by atoms with E-state index in [1.807, 2.05) is 30.5 Å². The molecule has 6 rings (SSSR count). The number of halogens is 3. The van der Waals surface area contributed by atoms with Crippen LogP contribution in [0.3, 0.4) is 0 Å². The highest BCUT2D eigenvalue weighted by Gasteiger charge is 2.50. The van der Waals surface area contributed by atoms with Gasteiger partial charge >= 0.3 is 15.6 Å². The molecule has 1 saturated heterocycles. The Balaban J connectivity index is 1.34. The van der Waals surface area contributed by atoms with Crippen molar-refractivity contribution < 1.29 is 25.8 Å². The highest BCUT2D eigenvalue weighted by atomic mass is 32.2. The van der Waals surface area contributed by atoms with Gasteiger partial charge in [-0.1, -0.05) is 49.6 Å². The number of piperidine rings is 1. The lowest BCUT2D eigenvalue weighted by molar-refractivity contribution is -0.0500. The monoisotopic (exact) mass is 545 g/mol. The summed E-state index contributed by atoms with van der Waals surface area (Å²) in [5.74, 6) is 0.733. The minimum Gasteiger partial charge on any atom is -0.376 e. The summed E-state index contributed by atoms with van der Waals surface area (Å²) in [5.41, 5.74) is -0.307. The molecule has 0 amide bonds. The zero-order valence-electron chi connectivity index (χ0n) is 20.9. The van der Waals surface area contributed by atoms with Gasteiger partial charge in [-0.05, 0) is 78.8 Å². The van der Waals surface area contributed by atoms with Gasteiger partial charge in [-0.15, -0.1) is 0 Å². The van der Waals surface area contributed by atoms with E-state index < -0.39 is 15.6 Å². The van der Waals surface area contributed by atoms with Crippen LogP contribution in [0.2, 0.25) is 0 Å². The number of rotatable bonds is 5. The fraction of sp³-hybridized carbons (Fsp3) is 0.464. The Bertz CT molecular complexity index is 1440. The van der Waals surface area contributed by atoms with Gasteiger partial charge in [0.25, 0.3) is 0 Å². The molecule has 2 heterocycles. The molecule has 1 spiro atoms. The molecule has 1 aromatic heterocycles. The topological polar surface area (TPSA) is 84.1 Å². The number of aromatic nitrogens is 2. The molecule has 38 heavy (non-hydrogen) atoms. The van der Waals surface area contributed by atoms with E-state index in [1.54, 1.807) is 6.07 Å². The van der Waals surface area contributed by atoms with Crippen LogP contribution in [0.25, 0.3) is 22.4 Å². The van der Waals surface area contributed by atoms with E-state index in [9.17, 15) is 21.6 Å². The van der Waals surface area contributed by atoms with Crippen molar-refractivity contribution in [1.82, 2.24) is 15.3 Å². The number of fused-ring (bicyclic) bond motifs is 2. The summed E-state index contributed by atoms with van der Waals surface area (Å²) in [4.78, 5) is 8.03. The Morgan fingerprint density at radius 1 is 0.947 bits per heavy atom. The largest absolute Gasteiger partial charge is 0.534 e. The second-order valence-electron chi connectivity index (χ2n) is 10.7.